The average molecular weight is 208 g/mol. The molecule has 0 saturated heterocycles. The van der Waals surface area contributed by atoms with Gasteiger partial charge in [0.1, 0.15) is 5.75 Å². The summed E-state index contributed by atoms with van der Waals surface area (Å²) in [5, 5.41) is 0. The van der Waals surface area contributed by atoms with Crippen LogP contribution >= 0.6 is 11.8 Å². The van der Waals surface area contributed by atoms with E-state index < -0.39 is 0 Å². The Morgan fingerprint density at radius 1 is 1.43 bits per heavy atom. The number of benzene rings is 1. The number of thioether (sulfide) groups is 1. The minimum atomic E-state index is 0.494. The Labute approximate surface area is 89.9 Å². The molecule has 1 aromatic carbocycles. The Bertz CT molecular complexity index is 318. The summed E-state index contributed by atoms with van der Waals surface area (Å²) in [6.07, 6.45) is 6.15. The largest absolute Gasteiger partial charge is 0.489 e. The zero-order valence-electron chi connectivity index (χ0n) is 8.75. The van der Waals surface area contributed by atoms with Gasteiger partial charge >= 0.3 is 0 Å². The first kappa shape index (κ1) is 9.91. The SMILES string of the molecule is CCc1cccc(OC2CC2)c1SC. The highest BCUT2D eigenvalue weighted by Crippen LogP contribution is 2.35. The lowest BCUT2D eigenvalue weighted by Crippen LogP contribution is -1.98. The van der Waals surface area contributed by atoms with Gasteiger partial charge < -0.3 is 4.74 Å². The van der Waals surface area contributed by atoms with E-state index in [1.807, 2.05) is 0 Å². The molecule has 1 fully saturated rings. The fourth-order valence-electron chi connectivity index (χ4n) is 1.53. The van der Waals surface area contributed by atoms with E-state index in [4.69, 9.17) is 4.74 Å². The molecule has 0 aliphatic heterocycles. The fraction of sp³-hybridized carbons (Fsp3) is 0.500. The lowest BCUT2D eigenvalue weighted by atomic mass is 10.1. The van der Waals surface area contributed by atoms with Gasteiger partial charge in [0.15, 0.2) is 0 Å². The van der Waals surface area contributed by atoms with E-state index in [0.717, 1.165) is 12.2 Å². The van der Waals surface area contributed by atoms with Crippen molar-refractivity contribution in [3.05, 3.63) is 23.8 Å². The molecular weight excluding hydrogens is 192 g/mol. The summed E-state index contributed by atoms with van der Waals surface area (Å²) in [6.45, 7) is 2.19. The lowest BCUT2D eigenvalue weighted by molar-refractivity contribution is 0.295. The molecule has 14 heavy (non-hydrogen) atoms. The minimum absolute atomic E-state index is 0.494. The fourth-order valence-corrected chi connectivity index (χ4v) is 2.32. The first-order valence-electron chi connectivity index (χ1n) is 5.17. The highest BCUT2D eigenvalue weighted by molar-refractivity contribution is 7.98. The van der Waals surface area contributed by atoms with Gasteiger partial charge in [0.05, 0.1) is 11.0 Å². The Hall–Kier alpha value is -0.630. The Balaban J connectivity index is 2.26. The Morgan fingerprint density at radius 2 is 2.21 bits per heavy atom. The van der Waals surface area contributed by atoms with Crippen LogP contribution in [0.25, 0.3) is 0 Å². The molecule has 0 heterocycles. The van der Waals surface area contributed by atoms with Crippen molar-refractivity contribution in [3.8, 4) is 5.75 Å². The standard InChI is InChI=1S/C12H16OS/c1-3-9-5-4-6-11(12(9)14-2)13-10-7-8-10/h4-6,10H,3,7-8H2,1-2H3. The van der Waals surface area contributed by atoms with E-state index in [-0.39, 0.29) is 0 Å². The van der Waals surface area contributed by atoms with E-state index in [1.165, 1.54) is 23.3 Å². The first-order chi connectivity index (χ1) is 6.85. The predicted octanol–water partition coefficient (Wildman–Crippen LogP) is 3.51. The number of rotatable bonds is 4. The van der Waals surface area contributed by atoms with Gasteiger partial charge in [0.25, 0.3) is 0 Å². The molecule has 0 aromatic heterocycles. The molecule has 2 rings (SSSR count). The van der Waals surface area contributed by atoms with Crippen LogP contribution in [0, 0.1) is 0 Å². The van der Waals surface area contributed by atoms with Gasteiger partial charge in [-0.15, -0.1) is 11.8 Å². The van der Waals surface area contributed by atoms with E-state index >= 15 is 0 Å². The summed E-state index contributed by atoms with van der Waals surface area (Å²) in [6, 6.07) is 6.37. The van der Waals surface area contributed by atoms with Gasteiger partial charge in [-0.2, -0.15) is 0 Å². The van der Waals surface area contributed by atoms with Crippen LogP contribution in [-0.4, -0.2) is 12.4 Å². The molecule has 1 nitrogen and oxygen atoms in total. The van der Waals surface area contributed by atoms with Crippen LogP contribution < -0.4 is 4.74 Å². The molecule has 1 aliphatic carbocycles. The van der Waals surface area contributed by atoms with E-state index in [1.54, 1.807) is 11.8 Å². The molecule has 76 valence electrons. The zero-order chi connectivity index (χ0) is 9.97. The monoisotopic (exact) mass is 208 g/mol. The van der Waals surface area contributed by atoms with Crippen LogP contribution in [0.5, 0.6) is 5.75 Å². The van der Waals surface area contributed by atoms with Gasteiger partial charge in [-0.25, -0.2) is 0 Å². The maximum atomic E-state index is 5.87. The molecule has 1 aromatic rings. The summed E-state index contributed by atoms with van der Waals surface area (Å²) < 4.78 is 5.87. The number of hydrogen-bond donors (Lipinski definition) is 0. The van der Waals surface area contributed by atoms with Gasteiger partial charge in [0, 0.05) is 0 Å². The molecule has 0 spiro atoms. The van der Waals surface area contributed by atoms with Crippen LogP contribution in [0.1, 0.15) is 25.3 Å². The van der Waals surface area contributed by atoms with Crippen molar-refractivity contribution in [1.29, 1.82) is 0 Å². The van der Waals surface area contributed by atoms with E-state index in [9.17, 15) is 0 Å². The Kier molecular flexibility index (Phi) is 3.02. The predicted molar refractivity (Wildman–Crippen MR) is 61.3 cm³/mol. The van der Waals surface area contributed by atoms with Crippen LogP contribution in [0.15, 0.2) is 23.1 Å². The van der Waals surface area contributed by atoms with Crippen molar-refractivity contribution in [3.63, 3.8) is 0 Å². The number of ether oxygens (including phenoxy) is 1. The van der Waals surface area contributed by atoms with Crippen molar-refractivity contribution < 1.29 is 4.74 Å². The smallest absolute Gasteiger partial charge is 0.133 e. The van der Waals surface area contributed by atoms with E-state index in [2.05, 4.69) is 31.4 Å². The molecule has 0 amide bonds. The zero-order valence-corrected chi connectivity index (χ0v) is 9.56. The first-order valence-corrected chi connectivity index (χ1v) is 6.40. The van der Waals surface area contributed by atoms with Crippen molar-refractivity contribution >= 4 is 11.8 Å². The van der Waals surface area contributed by atoms with Crippen LogP contribution in [0.4, 0.5) is 0 Å². The maximum Gasteiger partial charge on any atom is 0.133 e. The molecule has 0 N–H and O–H groups in total. The molecular formula is C12H16OS. The quantitative estimate of drug-likeness (QED) is 0.700. The van der Waals surface area contributed by atoms with Crippen LogP contribution in [0.2, 0.25) is 0 Å². The second-order valence-electron chi connectivity index (χ2n) is 3.62. The van der Waals surface area contributed by atoms with Crippen molar-refractivity contribution in [1.82, 2.24) is 0 Å². The molecule has 0 radical (unpaired) electrons. The summed E-state index contributed by atoms with van der Waals surface area (Å²) in [7, 11) is 0. The van der Waals surface area contributed by atoms with Gasteiger partial charge in [0.2, 0.25) is 0 Å². The van der Waals surface area contributed by atoms with Crippen LogP contribution in [-0.2, 0) is 6.42 Å². The lowest BCUT2D eigenvalue weighted by Gasteiger charge is -2.12. The topological polar surface area (TPSA) is 9.23 Å². The summed E-state index contributed by atoms with van der Waals surface area (Å²) in [4.78, 5) is 1.32. The molecule has 2 heteroatoms. The van der Waals surface area contributed by atoms with Crippen molar-refractivity contribution in [2.24, 2.45) is 0 Å². The Morgan fingerprint density at radius 3 is 2.79 bits per heavy atom. The highest BCUT2D eigenvalue weighted by atomic mass is 32.2. The van der Waals surface area contributed by atoms with Gasteiger partial charge in [-0.1, -0.05) is 19.1 Å². The van der Waals surface area contributed by atoms with Gasteiger partial charge in [-0.05, 0) is 37.1 Å². The maximum absolute atomic E-state index is 5.87. The summed E-state index contributed by atoms with van der Waals surface area (Å²) in [5.41, 5.74) is 1.40. The number of hydrogen-bond acceptors (Lipinski definition) is 2. The third kappa shape index (κ3) is 2.06. The third-order valence-corrected chi connectivity index (χ3v) is 3.34. The average Bonchev–Trinajstić information content (AvgIpc) is 3.01. The molecule has 0 unspecified atom stereocenters. The van der Waals surface area contributed by atoms with Crippen molar-refractivity contribution in [2.75, 3.05) is 6.26 Å². The molecule has 0 atom stereocenters. The second kappa shape index (κ2) is 4.26. The third-order valence-electron chi connectivity index (χ3n) is 2.46. The molecule has 0 bridgehead atoms. The molecule has 1 aliphatic rings. The molecule has 1 saturated carbocycles. The second-order valence-corrected chi connectivity index (χ2v) is 4.44. The van der Waals surface area contributed by atoms with Crippen molar-refractivity contribution in [2.45, 2.75) is 37.2 Å². The number of aryl methyl sites for hydroxylation is 1. The van der Waals surface area contributed by atoms with Crippen LogP contribution in [0.3, 0.4) is 0 Å². The van der Waals surface area contributed by atoms with E-state index in [0.29, 0.717) is 6.10 Å². The summed E-state index contributed by atoms with van der Waals surface area (Å²) in [5.74, 6) is 1.08. The minimum Gasteiger partial charge on any atom is -0.489 e. The van der Waals surface area contributed by atoms with Gasteiger partial charge in [-0.3, -0.25) is 0 Å². The highest BCUT2D eigenvalue weighted by Gasteiger charge is 2.24. The normalized spacial score (nSPS) is 15.6. The summed E-state index contributed by atoms with van der Waals surface area (Å²) >= 11 is 1.79.